The summed E-state index contributed by atoms with van der Waals surface area (Å²) in [5.74, 6) is 0. The van der Waals surface area contributed by atoms with Gasteiger partial charge in [-0.2, -0.15) is 0 Å². The largest absolute Gasteiger partial charge is 0.381 e. The van der Waals surface area contributed by atoms with E-state index in [9.17, 15) is 10.1 Å². The van der Waals surface area contributed by atoms with Gasteiger partial charge >= 0.3 is 0 Å². The van der Waals surface area contributed by atoms with Gasteiger partial charge in [0.05, 0.1) is 4.92 Å². The second-order valence-electron chi connectivity index (χ2n) is 5.34. The van der Waals surface area contributed by atoms with Crippen LogP contribution in [0.25, 0.3) is 0 Å². The number of nitrogens with one attached hydrogen (secondary N) is 1. The first kappa shape index (κ1) is 11.9. The molecule has 0 aromatic heterocycles. The van der Waals surface area contributed by atoms with E-state index in [4.69, 9.17) is 0 Å². The molecule has 1 atom stereocenters. The normalized spacial score (nSPS) is 18.6. The molecule has 0 radical (unpaired) electrons. The van der Waals surface area contributed by atoms with Gasteiger partial charge in [-0.25, -0.2) is 0 Å². The zero-order valence-corrected chi connectivity index (χ0v) is 10.5. The smallest absolute Gasteiger partial charge is 0.269 e. The second kappa shape index (κ2) is 4.02. The highest BCUT2D eigenvalue weighted by Crippen LogP contribution is 2.37. The van der Waals surface area contributed by atoms with Crippen molar-refractivity contribution in [2.75, 3.05) is 5.32 Å². The molecule has 1 N–H and O–H groups in total. The monoisotopic (exact) mass is 234 g/mol. The number of non-ortho nitro benzene ring substituents is 1. The first-order valence-electron chi connectivity index (χ1n) is 5.98. The van der Waals surface area contributed by atoms with Crippen LogP contribution in [-0.4, -0.2) is 11.0 Å². The predicted molar refractivity (Wildman–Crippen MR) is 68.3 cm³/mol. The molecule has 1 aliphatic rings. The number of nitro groups is 1. The summed E-state index contributed by atoms with van der Waals surface area (Å²) in [6.45, 7) is 6.63. The van der Waals surface area contributed by atoms with E-state index in [-0.39, 0.29) is 16.0 Å². The zero-order valence-electron chi connectivity index (χ0n) is 10.5. The minimum absolute atomic E-state index is 0.181. The summed E-state index contributed by atoms with van der Waals surface area (Å²) in [7, 11) is 0. The van der Waals surface area contributed by atoms with Crippen molar-refractivity contribution in [1.82, 2.24) is 0 Å². The van der Waals surface area contributed by atoms with E-state index in [2.05, 4.69) is 26.1 Å². The Hall–Kier alpha value is -1.58. The van der Waals surface area contributed by atoms with E-state index >= 15 is 0 Å². The number of rotatable bonds is 3. The summed E-state index contributed by atoms with van der Waals surface area (Å²) < 4.78 is 0. The van der Waals surface area contributed by atoms with E-state index in [1.807, 2.05) is 6.07 Å². The first-order chi connectivity index (χ1) is 7.94. The summed E-state index contributed by atoms with van der Waals surface area (Å²) in [6, 6.07) is 5.44. The van der Waals surface area contributed by atoms with Gasteiger partial charge in [0.2, 0.25) is 0 Å². The number of fused-ring (bicyclic) bond motifs is 1. The SMILES string of the molecule is CCC(C)(C)[C@@H]1Cc2cc([N+](=O)[O-])ccc2N1. The highest BCUT2D eigenvalue weighted by molar-refractivity contribution is 5.60. The molecule has 0 saturated heterocycles. The highest BCUT2D eigenvalue weighted by Gasteiger charge is 2.33. The Kier molecular flexibility index (Phi) is 2.81. The van der Waals surface area contributed by atoms with Gasteiger partial charge in [-0.3, -0.25) is 10.1 Å². The fourth-order valence-corrected chi connectivity index (χ4v) is 2.18. The van der Waals surface area contributed by atoms with Crippen LogP contribution in [0.4, 0.5) is 11.4 Å². The number of anilines is 1. The number of nitro benzene ring substituents is 1. The lowest BCUT2D eigenvalue weighted by Crippen LogP contribution is -2.33. The molecule has 92 valence electrons. The van der Waals surface area contributed by atoms with Gasteiger partial charge in [0, 0.05) is 23.9 Å². The molecule has 0 unspecified atom stereocenters. The minimum Gasteiger partial charge on any atom is -0.381 e. The minimum atomic E-state index is -0.335. The van der Waals surface area contributed by atoms with Crippen molar-refractivity contribution in [3.05, 3.63) is 33.9 Å². The maximum atomic E-state index is 10.7. The van der Waals surface area contributed by atoms with Crippen LogP contribution in [-0.2, 0) is 6.42 Å². The van der Waals surface area contributed by atoms with Crippen LogP contribution in [0.3, 0.4) is 0 Å². The third kappa shape index (κ3) is 2.12. The van der Waals surface area contributed by atoms with Crippen LogP contribution in [0.15, 0.2) is 18.2 Å². The molecular weight excluding hydrogens is 216 g/mol. The molecule has 1 aromatic carbocycles. The van der Waals surface area contributed by atoms with Crippen LogP contribution < -0.4 is 5.32 Å². The Labute approximate surface area is 101 Å². The fourth-order valence-electron chi connectivity index (χ4n) is 2.18. The van der Waals surface area contributed by atoms with Crippen LogP contribution >= 0.6 is 0 Å². The van der Waals surface area contributed by atoms with Crippen molar-refractivity contribution in [3.8, 4) is 0 Å². The van der Waals surface area contributed by atoms with E-state index in [1.165, 1.54) is 0 Å². The lowest BCUT2D eigenvalue weighted by molar-refractivity contribution is -0.384. The maximum Gasteiger partial charge on any atom is 0.269 e. The first-order valence-corrected chi connectivity index (χ1v) is 5.98. The summed E-state index contributed by atoms with van der Waals surface area (Å²) in [6.07, 6.45) is 1.96. The van der Waals surface area contributed by atoms with Gasteiger partial charge < -0.3 is 5.32 Å². The third-order valence-corrected chi connectivity index (χ3v) is 3.91. The zero-order chi connectivity index (χ0) is 12.6. The molecule has 1 aromatic rings. The molecule has 0 spiro atoms. The summed E-state index contributed by atoms with van der Waals surface area (Å²) in [4.78, 5) is 10.4. The molecule has 4 heteroatoms. The molecule has 1 heterocycles. The van der Waals surface area contributed by atoms with Gasteiger partial charge in [-0.15, -0.1) is 0 Å². The average Bonchev–Trinajstić information content (AvgIpc) is 2.72. The number of hydrogen-bond acceptors (Lipinski definition) is 3. The molecular formula is C13H18N2O2. The Morgan fingerprint density at radius 2 is 2.24 bits per heavy atom. The van der Waals surface area contributed by atoms with Crippen molar-refractivity contribution in [2.45, 2.75) is 39.7 Å². The maximum absolute atomic E-state index is 10.7. The summed E-state index contributed by atoms with van der Waals surface area (Å²) in [5.41, 5.74) is 2.49. The predicted octanol–water partition coefficient (Wildman–Crippen LogP) is 3.37. The number of benzene rings is 1. The summed E-state index contributed by atoms with van der Waals surface area (Å²) in [5, 5.41) is 14.2. The second-order valence-corrected chi connectivity index (χ2v) is 5.34. The molecule has 0 amide bonds. The third-order valence-electron chi connectivity index (χ3n) is 3.91. The van der Waals surface area contributed by atoms with Crippen molar-refractivity contribution < 1.29 is 4.92 Å². The van der Waals surface area contributed by atoms with Gasteiger partial charge in [0.25, 0.3) is 5.69 Å². The molecule has 0 aliphatic carbocycles. The Balaban J connectivity index is 2.25. The summed E-state index contributed by atoms with van der Waals surface area (Å²) >= 11 is 0. The topological polar surface area (TPSA) is 55.2 Å². The Morgan fingerprint density at radius 1 is 1.53 bits per heavy atom. The molecule has 17 heavy (non-hydrogen) atoms. The Bertz CT molecular complexity index is 455. The van der Waals surface area contributed by atoms with Gasteiger partial charge in [0.1, 0.15) is 0 Å². The standard InChI is InChI=1S/C13H18N2O2/c1-4-13(2,3)12-8-9-7-10(15(16)17)5-6-11(9)14-12/h5-7,12,14H,4,8H2,1-3H3/t12-/m0/s1. The van der Waals surface area contributed by atoms with Gasteiger partial charge in [-0.05, 0) is 29.9 Å². The van der Waals surface area contributed by atoms with Gasteiger partial charge in [0.15, 0.2) is 0 Å². The molecule has 0 fully saturated rings. The Morgan fingerprint density at radius 3 is 2.82 bits per heavy atom. The van der Waals surface area contributed by atoms with Crippen molar-refractivity contribution in [1.29, 1.82) is 0 Å². The van der Waals surface area contributed by atoms with Crippen molar-refractivity contribution >= 4 is 11.4 Å². The lowest BCUT2D eigenvalue weighted by Gasteiger charge is -2.30. The average molecular weight is 234 g/mol. The molecule has 0 saturated carbocycles. The van der Waals surface area contributed by atoms with Gasteiger partial charge in [-0.1, -0.05) is 20.8 Å². The quantitative estimate of drug-likeness (QED) is 0.644. The molecule has 2 rings (SSSR count). The van der Waals surface area contributed by atoms with E-state index in [0.717, 1.165) is 24.1 Å². The van der Waals surface area contributed by atoms with E-state index < -0.39 is 0 Å². The number of hydrogen-bond donors (Lipinski definition) is 1. The fraction of sp³-hybridized carbons (Fsp3) is 0.538. The number of nitrogens with zero attached hydrogens (tertiary/aromatic N) is 1. The van der Waals surface area contributed by atoms with Crippen molar-refractivity contribution in [3.63, 3.8) is 0 Å². The van der Waals surface area contributed by atoms with Crippen LogP contribution in [0.1, 0.15) is 32.8 Å². The van der Waals surface area contributed by atoms with Crippen LogP contribution in [0.2, 0.25) is 0 Å². The highest BCUT2D eigenvalue weighted by atomic mass is 16.6. The van der Waals surface area contributed by atoms with Crippen LogP contribution in [0.5, 0.6) is 0 Å². The molecule has 1 aliphatic heterocycles. The molecule has 4 nitrogen and oxygen atoms in total. The van der Waals surface area contributed by atoms with Crippen LogP contribution in [0, 0.1) is 15.5 Å². The van der Waals surface area contributed by atoms with E-state index in [0.29, 0.717) is 6.04 Å². The molecule has 0 bridgehead atoms. The van der Waals surface area contributed by atoms with Crippen molar-refractivity contribution in [2.24, 2.45) is 5.41 Å². The van der Waals surface area contributed by atoms with E-state index in [1.54, 1.807) is 12.1 Å². The lowest BCUT2D eigenvalue weighted by atomic mass is 9.80.